The third-order valence-electron chi connectivity index (χ3n) is 5.80. The van der Waals surface area contributed by atoms with Gasteiger partial charge in [-0.3, -0.25) is 19.7 Å². The summed E-state index contributed by atoms with van der Waals surface area (Å²) in [6.07, 6.45) is 1.87. The van der Waals surface area contributed by atoms with Crippen molar-refractivity contribution in [3.63, 3.8) is 0 Å². The smallest absolute Gasteiger partial charge is 0.285 e. The van der Waals surface area contributed by atoms with E-state index in [1.54, 1.807) is 54.6 Å². The molecule has 0 bridgehead atoms. The van der Waals surface area contributed by atoms with Crippen LogP contribution in [0.3, 0.4) is 0 Å². The predicted octanol–water partition coefficient (Wildman–Crippen LogP) is 4.87. The summed E-state index contributed by atoms with van der Waals surface area (Å²) in [6.45, 7) is 2.08. The van der Waals surface area contributed by atoms with E-state index in [1.807, 2.05) is 12.1 Å². The van der Waals surface area contributed by atoms with Crippen molar-refractivity contribution < 1.29 is 14.5 Å². The maximum absolute atomic E-state index is 13.5. The zero-order chi connectivity index (χ0) is 21.3. The van der Waals surface area contributed by atoms with Crippen LogP contribution in [-0.2, 0) is 6.42 Å². The Hall–Kier alpha value is -3.60. The van der Waals surface area contributed by atoms with Crippen molar-refractivity contribution >= 4 is 11.6 Å². The summed E-state index contributed by atoms with van der Waals surface area (Å²) in [5.74, 6) is -2.53. The summed E-state index contributed by atoms with van der Waals surface area (Å²) in [7, 11) is 0. The van der Waals surface area contributed by atoms with Crippen LogP contribution >= 0.6 is 0 Å². The minimum absolute atomic E-state index is 0.114. The van der Waals surface area contributed by atoms with E-state index in [2.05, 4.69) is 6.92 Å². The van der Waals surface area contributed by atoms with Crippen molar-refractivity contribution in [2.75, 3.05) is 0 Å². The fraction of sp³-hybridized carbons (Fsp3) is 0.200. The molecule has 0 heterocycles. The number of nitrogens with zero attached hydrogens (tertiary/aromatic N) is 1. The molecule has 1 aliphatic carbocycles. The number of Topliss-reactive ketones (excluding diaryl/α,β-unsaturated/α-hetero) is 2. The number of carbonyl (C=O) groups is 2. The lowest BCUT2D eigenvalue weighted by molar-refractivity contribution is -0.532. The number of fused-ring (bicyclic) bond motifs is 1. The van der Waals surface area contributed by atoms with Crippen LogP contribution in [0.5, 0.6) is 0 Å². The second kappa shape index (κ2) is 7.67. The van der Waals surface area contributed by atoms with Gasteiger partial charge in [0.25, 0.3) is 0 Å². The summed E-state index contributed by atoms with van der Waals surface area (Å²) in [5.41, 5.74) is 0.0531. The van der Waals surface area contributed by atoms with Crippen molar-refractivity contribution in [2.24, 2.45) is 0 Å². The first-order valence-electron chi connectivity index (χ1n) is 9.98. The molecule has 1 atom stereocenters. The molecule has 4 rings (SSSR count). The lowest BCUT2D eigenvalue weighted by atomic mass is 9.72. The van der Waals surface area contributed by atoms with Gasteiger partial charge in [-0.05, 0) is 23.1 Å². The molecule has 0 amide bonds. The Morgan fingerprint density at radius 1 is 0.800 bits per heavy atom. The Kier molecular flexibility index (Phi) is 5.04. The van der Waals surface area contributed by atoms with E-state index in [-0.39, 0.29) is 11.1 Å². The van der Waals surface area contributed by atoms with Gasteiger partial charge in [0.05, 0.1) is 5.92 Å². The maximum Gasteiger partial charge on any atom is 0.355 e. The van der Waals surface area contributed by atoms with Gasteiger partial charge in [0.15, 0.2) is 0 Å². The van der Waals surface area contributed by atoms with Crippen molar-refractivity contribution in [3.8, 4) is 0 Å². The molecule has 0 saturated carbocycles. The quantitative estimate of drug-likeness (QED) is 0.337. The second-order valence-corrected chi connectivity index (χ2v) is 7.56. The molecule has 0 N–H and O–H groups in total. The Bertz CT molecular complexity index is 1080. The van der Waals surface area contributed by atoms with Crippen LogP contribution in [0.1, 0.15) is 56.7 Å². The highest BCUT2D eigenvalue weighted by atomic mass is 16.6. The zero-order valence-electron chi connectivity index (χ0n) is 16.6. The molecule has 0 radical (unpaired) electrons. The van der Waals surface area contributed by atoms with Gasteiger partial charge in [0.1, 0.15) is 0 Å². The van der Waals surface area contributed by atoms with Crippen molar-refractivity contribution in [1.29, 1.82) is 0 Å². The van der Waals surface area contributed by atoms with Crippen LogP contribution in [0.25, 0.3) is 0 Å². The Morgan fingerprint density at radius 2 is 1.30 bits per heavy atom. The number of hydrogen-bond acceptors (Lipinski definition) is 4. The lowest BCUT2D eigenvalue weighted by Crippen LogP contribution is -2.54. The van der Waals surface area contributed by atoms with Crippen molar-refractivity contribution in [2.45, 2.75) is 31.2 Å². The minimum atomic E-state index is -2.42. The van der Waals surface area contributed by atoms with Gasteiger partial charge < -0.3 is 0 Å². The molecule has 5 heteroatoms. The lowest BCUT2D eigenvalue weighted by Gasteiger charge is -2.28. The number of hydrogen-bond donors (Lipinski definition) is 0. The summed E-state index contributed by atoms with van der Waals surface area (Å²) in [4.78, 5) is 38.8. The van der Waals surface area contributed by atoms with Gasteiger partial charge in [-0.2, -0.15) is 0 Å². The van der Waals surface area contributed by atoms with E-state index >= 15 is 0 Å². The van der Waals surface area contributed by atoms with E-state index in [0.717, 1.165) is 18.4 Å². The summed E-state index contributed by atoms with van der Waals surface area (Å²) < 4.78 is 0. The molecule has 5 nitrogen and oxygen atoms in total. The molecule has 0 spiro atoms. The minimum Gasteiger partial charge on any atom is -0.285 e. The van der Waals surface area contributed by atoms with Crippen molar-refractivity contribution in [3.05, 3.63) is 117 Å². The summed E-state index contributed by atoms with van der Waals surface area (Å²) in [5, 5.41) is 12.5. The van der Waals surface area contributed by atoms with Gasteiger partial charge in [0, 0.05) is 16.1 Å². The number of nitro groups is 1. The van der Waals surface area contributed by atoms with E-state index in [9.17, 15) is 19.7 Å². The molecule has 30 heavy (non-hydrogen) atoms. The first-order chi connectivity index (χ1) is 14.5. The first-order valence-corrected chi connectivity index (χ1v) is 9.98. The molecule has 0 aliphatic heterocycles. The number of benzene rings is 3. The highest BCUT2D eigenvalue weighted by molar-refractivity contribution is 6.32. The predicted molar refractivity (Wildman–Crippen MR) is 114 cm³/mol. The van der Waals surface area contributed by atoms with Crippen molar-refractivity contribution in [1.82, 2.24) is 0 Å². The molecule has 1 aliphatic rings. The highest BCUT2D eigenvalue weighted by Gasteiger charge is 2.68. The molecule has 150 valence electrons. The SMILES string of the molecule is CCCc1ccc([C@@H](c2ccccc2)C2([N+](=O)[O-])C(=O)c3ccccc3C2=O)cc1. The maximum atomic E-state index is 13.5. The van der Waals surface area contributed by atoms with Crippen LogP contribution in [-0.4, -0.2) is 22.0 Å². The highest BCUT2D eigenvalue weighted by Crippen LogP contribution is 2.45. The second-order valence-electron chi connectivity index (χ2n) is 7.56. The molecular formula is C25H21NO4. The standard InChI is InChI=1S/C25H21NO4/c1-2-8-17-13-15-19(16-14-17)22(18-9-4-3-5-10-18)25(26(29)30)23(27)20-11-6-7-12-21(20)24(25)28/h3-7,9-16,22H,2,8H2,1H3/t22-/m1/s1. The third-order valence-corrected chi connectivity index (χ3v) is 5.80. The number of ketones is 2. The molecule has 3 aromatic rings. The molecular weight excluding hydrogens is 378 g/mol. The van der Waals surface area contributed by atoms with E-state index in [0.29, 0.717) is 11.1 Å². The normalized spacial score (nSPS) is 15.6. The molecule has 0 aromatic heterocycles. The van der Waals surface area contributed by atoms with E-state index < -0.39 is 27.9 Å². The fourth-order valence-electron chi connectivity index (χ4n) is 4.41. The van der Waals surface area contributed by atoms with Crippen LogP contribution in [0, 0.1) is 10.1 Å². The molecule has 0 unspecified atom stereocenters. The van der Waals surface area contributed by atoms with Gasteiger partial charge in [-0.15, -0.1) is 0 Å². The van der Waals surface area contributed by atoms with Crippen LogP contribution in [0.15, 0.2) is 78.9 Å². The van der Waals surface area contributed by atoms with E-state index in [4.69, 9.17) is 0 Å². The average molecular weight is 399 g/mol. The van der Waals surface area contributed by atoms with E-state index in [1.165, 1.54) is 12.1 Å². The summed E-state index contributed by atoms with van der Waals surface area (Å²) >= 11 is 0. The topological polar surface area (TPSA) is 77.3 Å². The van der Waals surface area contributed by atoms with Crippen LogP contribution in [0.2, 0.25) is 0 Å². The monoisotopic (exact) mass is 399 g/mol. The Labute approximate surface area is 174 Å². The number of carbonyl (C=O) groups excluding carboxylic acids is 2. The van der Waals surface area contributed by atoms with Gasteiger partial charge in [-0.1, -0.05) is 92.2 Å². The molecule has 3 aromatic carbocycles. The Balaban J connectivity index is 1.97. The van der Waals surface area contributed by atoms with Crippen LogP contribution < -0.4 is 0 Å². The number of rotatable bonds is 6. The largest absolute Gasteiger partial charge is 0.355 e. The summed E-state index contributed by atoms with van der Waals surface area (Å²) in [6, 6.07) is 22.5. The molecule has 0 fully saturated rings. The average Bonchev–Trinajstić information content (AvgIpc) is 2.99. The molecule has 0 saturated heterocycles. The zero-order valence-corrected chi connectivity index (χ0v) is 16.6. The fourth-order valence-corrected chi connectivity index (χ4v) is 4.41. The number of aryl methyl sites for hydroxylation is 1. The Morgan fingerprint density at radius 3 is 1.80 bits per heavy atom. The van der Waals surface area contributed by atoms with Crippen LogP contribution in [0.4, 0.5) is 0 Å². The first kappa shape index (κ1) is 19.7. The van der Waals surface area contributed by atoms with Gasteiger partial charge in [-0.25, -0.2) is 0 Å². The van der Waals surface area contributed by atoms with Gasteiger partial charge >= 0.3 is 5.54 Å². The third kappa shape index (κ3) is 2.86. The van der Waals surface area contributed by atoms with Gasteiger partial charge in [0.2, 0.25) is 11.6 Å².